The van der Waals surface area contributed by atoms with Crippen LogP contribution in [-0.4, -0.2) is 40.6 Å². The summed E-state index contributed by atoms with van der Waals surface area (Å²) in [4.78, 5) is 4.46. The second-order valence-electron chi connectivity index (χ2n) is 3.95. The molecule has 0 radical (unpaired) electrons. The minimum atomic E-state index is 0.330. The number of nitrogens with zero attached hydrogens (tertiary/aromatic N) is 3. The van der Waals surface area contributed by atoms with Crippen LogP contribution >= 0.6 is 0 Å². The second-order valence-corrected chi connectivity index (χ2v) is 3.95. The molecule has 1 N–H and O–H groups in total. The molecule has 1 aromatic rings. The maximum atomic E-state index is 5.50. The van der Waals surface area contributed by atoms with Crippen molar-refractivity contribution in [1.29, 1.82) is 0 Å². The second kappa shape index (κ2) is 4.28. The minimum Gasteiger partial charge on any atom is -0.379 e. The van der Waals surface area contributed by atoms with E-state index < -0.39 is 0 Å². The number of likely N-dealkylation sites (N-methyl/N-ethyl adjacent to an activating group) is 1. The van der Waals surface area contributed by atoms with Crippen molar-refractivity contribution < 1.29 is 4.74 Å². The molecule has 2 unspecified atom stereocenters. The smallest absolute Gasteiger partial charge is 0.147 e. The molecule has 2 rings (SSSR count). The molecule has 15 heavy (non-hydrogen) atoms. The zero-order valence-corrected chi connectivity index (χ0v) is 9.53. The lowest BCUT2D eigenvalue weighted by Gasteiger charge is -2.16. The van der Waals surface area contributed by atoms with E-state index in [0.29, 0.717) is 12.0 Å². The highest BCUT2D eigenvalue weighted by molar-refractivity contribution is 5.06. The molecule has 0 spiro atoms. The number of hydrogen-bond donors (Lipinski definition) is 1. The van der Waals surface area contributed by atoms with Gasteiger partial charge in [0.25, 0.3) is 0 Å². The highest BCUT2D eigenvalue weighted by Gasteiger charge is 2.32. The lowest BCUT2D eigenvalue weighted by Crippen LogP contribution is -2.35. The first kappa shape index (κ1) is 10.6. The van der Waals surface area contributed by atoms with Crippen molar-refractivity contribution in [3.05, 3.63) is 11.6 Å². The third-order valence-corrected chi connectivity index (χ3v) is 2.78. The van der Waals surface area contributed by atoms with Crippen LogP contribution in [0.4, 0.5) is 0 Å². The minimum absolute atomic E-state index is 0.330. The average molecular weight is 210 g/mol. The normalized spacial score (nSPS) is 26.1. The van der Waals surface area contributed by atoms with E-state index >= 15 is 0 Å². The summed E-state index contributed by atoms with van der Waals surface area (Å²) in [5.74, 6) is 2.18. The molecule has 5 heteroatoms. The molecule has 2 heterocycles. The number of hydrogen-bond acceptors (Lipinski definition) is 4. The molecule has 1 aliphatic heterocycles. The van der Waals surface area contributed by atoms with E-state index in [2.05, 4.69) is 22.3 Å². The third-order valence-electron chi connectivity index (χ3n) is 2.78. The Morgan fingerprint density at radius 2 is 2.33 bits per heavy atom. The summed E-state index contributed by atoms with van der Waals surface area (Å²) in [7, 11) is 1.94. The molecule has 0 aliphatic carbocycles. The molecule has 84 valence electrons. The maximum Gasteiger partial charge on any atom is 0.147 e. The number of rotatable bonds is 3. The molecular weight excluding hydrogens is 192 g/mol. The van der Waals surface area contributed by atoms with E-state index in [1.165, 1.54) is 0 Å². The zero-order valence-electron chi connectivity index (χ0n) is 9.53. The fourth-order valence-corrected chi connectivity index (χ4v) is 2.12. The first-order valence-corrected chi connectivity index (χ1v) is 5.41. The van der Waals surface area contributed by atoms with E-state index in [1.54, 1.807) is 0 Å². The van der Waals surface area contributed by atoms with Crippen LogP contribution in [0.25, 0.3) is 0 Å². The lowest BCUT2D eigenvalue weighted by molar-refractivity contribution is 0.187. The SMILES string of the molecule is CCNC1COCC1c1nc(C)nn1C. The van der Waals surface area contributed by atoms with Crippen LogP contribution in [0.2, 0.25) is 0 Å². The van der Waals surface area contributed by atoms with Crippen molar-refractivity contribution in [3.63, 3.8) is 0 Å². The Labute approximate surface area is 89.8 Å². The molecule has 0 aromatic carbocycles. The predicted molar refractivity (Wildman–Crippen MR) is 56.8 cm³/mol. The Bertz CT molecular complexity index is 336. The summed E-state index contributed by atoms with van der Waals surface area (Å²) >= 11 is 0. The quantitative estimate of drug-likeness (QED) is 0.775. The molecule has 2 atom stereocenters. The van der Waals surface area contributed by atoms with Gasteiger partial charge in [0.05, 0.1) is 19.1 Å². The van der Waals surface area contributed by atoms with Crippen LogP contribution in [0.1, 0.15) is 24.5 Å². The van der Waals surface area contributed by atoms with E-state index in [9.17, 15) is 0 Å². The number of ether oxygens (including phenoxy) is 1. The summed E-state index contributed by atoms with van der Waals surface area (Å²) in [5, 5.41) is 7.70. The highest BCUT2D eigenvalue weighted by atomic mass is 16.5. The summed E-state index contributed by atoms with van der Waals surface area (Å²) in [5.41, 5.74) is 0. The Kier molecular flexibility index (Phi) is 3.02. The fraction of sp³-hybridized carbons (Fsp3) is 0.800. The van der Waals surface area contributed by atoms with Gasteiger partial charge in [-0.2, -0.15) is 5.10 Å². The van der Waals surface area contributed by atoms with Crippen molar-refractivity contribution in [1.82, 2.24) is 20.1 Å². The highest BCUT2D eigenvalue weighted by Crippen LogP contribution is 2.23. The van der Waals surface area contributed by atoms with Gasteiger partial charge in [-0.1, -0.05) is 6.92 Å². The van der Waals surface area contributed by atoms with E-state index in [0.717, 1.165) is 31.4 Å². The van der Waals surface area contributed by atoms with Crippen molar-refractivity contribution in [2.24, 2.45) is 7.05 Å². The van der Waals surface area contributed by atoms with E-state index in [1.807, 2.05) is 18.7 Å². The van der Waals surface area contributed by atoms with Crippen LogP contribution in [0, 0.1) is 6.92 Å². The molecule has 1 aliphatic rings. The topological polar surface area (TPSA) is 52.0 Å². The Morgan fingerprint density at radius 3 is 2.93 bits per heavy atom. The number of aromatic nitrogens is 3. The molecule has 1 aromatic heterocycles. The van der Waals surface area contributed by atoms with Gasteiger partial charge in [-0.25, -0.2) is 4.98 Å². The molecule has 0 bridgehead atoms. The summed E-state index contributed by atoms with van der Waals surface area (Å²) in [6.45, 7) is 6.49. The Balaban J connectivity index is 2.18. The maximum absolute atomic E-state index is 5.50. The van der Waals surface area contributed by atoms with Gasteiger partial charge >= 0.3 is 0 Å². The zero-order chi connectivity index (χ0) is 10.8. The first-order chi connectivity index (χ1) is 7.22. The first-order valence-electron chi connectivity index (χ1n) is 5.41. The monoisotopic (exact) mass is 210 g/mol. The van der Waals surface area contributed by atoms with Crippen LogP contribution < -0.4 is 5.32 Å². The largest absolute Gasteiger partial charge is 0.379 e. The van der Waals surface area contributed by atoms with Gasteiger partial charge in [0.15, 0.2) is 0 Å². The fourth-order valence-electron chi connectivity index (χ4n) is 2.12. The van der Waals surface area contributed by atoms with Gasteiger partial charge in [-0.05, 0) is 13.5 Å². The van der Waals surface area contributed by atoms with Crippen molar-refractivity contribution in [2.75, 3.05) is 19.8 Å². The summed E-state index contributed by atoms with van der Waals surface area (Å²) in [6, 6.07) is 0.373. The standard InChI is InChI=1S/C10H18N4O/c1-4-11-9-6-15-5-8(9)10-12-7(2)13-14(10)3/h8-9,11H,4-6H2,1-3H3. The molecule has 5 nitrogen and oxygen atoms in total. The van der Waals surface area contributed by atoms with Crippen molar-refractivity contribution in [2.45, 2.75) is 25.8 Å². The van der Waals surface area contributed by atoms with E-state index in [4.69, 9.17) is 4.74 Å². The molecule has 1 fully saturated rings. The van der Waals surface area contributed by atoms with Crippen molar-refractivity contribution in [3.8, 4) is 0 Å². The summed E-state index contributed by atoms with van der Waals surface area (Å²) in [6.07, 6.45) is 0. The van der Waals surface area contributed by atoms with Gasteiger partial charge in [0, 0.05) is 13.1 Å². The number of nitrogens with one attached hydrogen (secondary N) is 1. The van der Waals surface area contributed by atoms with E-state index in [-0.39, 0.29) is 0 Å². The molecule has 0 amide bonds. The van der Waals surface area contributed by atoms with Crippen molar-refractivity contribution >= 4 is 0 Å². The predicted octanol–water partition coefficient (Wildman–Crippen LogP) is 0.215. The molecular formula is C10H18N4O. The van der Waals surface area contributed by atoms with Gasteiger partial charge in [-0.3, -0.25) is 4.68 Å². The lowest BCUT2D eigenvalue weighted by atomic mass is 10.0. The Hall–Kier alpha value is -0.940. The molecule has 0 saturated carbocycles. The summed E-state index contributed by atoms with van der Waals surface area (Å²) < 4.78 is 7.36. The van der Waals surface area contributed by atoms with Gasteiger partial charge < -0.3 is 10.1 Å². The number of aryl methyl sites for hydroxylation is 2. The third kappa shape index (κ3) is 2.03. The van der Waals surface area contributed by atoms with Crippen LogP contribution in [0.5, 0.6) is 0 Å². The van der Waals surface area contributed by atoms with Crippen LogP contribution in [0.15, 0.2) is 0 Å². The van der Waals surface area contributed by atoms with Gasteiger partial charge in [-0.15, -0.1) is 0 Å². The molecule has 1 saturated heterocycles. The average Bonchev–Trinajstić information content (AvgIpc) is 2.73. The van der Waals surface area contributed by atoms with Gasteiger partial charge in [0.2, 0.25) is 0 Å². The van der Waals surface area contributed by atoms with Gasteiger partial charge in [0.1, 0.15) is 11.6 Å². The van der Waals surface area contributed by atoms with Crippen LogP contribution in [0.3, 0.4) is 0 Å². The van der Waals surface area contributed by atoms with Crippen LogP contribution in [-0.2, 0) is 11.8 Å². The Morgan fingerprint density at radius 1 is 1.53 bits per heavy atom.